The predicted octanol–water partition coefficient (Wildman–Crippen LogP) is 3.00. The van der Waals surface area contributed by atoms with Crippen molar-refractivity contribution in [1.82, 2.24) is 5.32 Å². The molecule has 1 aromatic heterocycles. The number of benzene rings is 1. The second-order valence-corrected chi connectivity index (χ2v) is 5.25. The molecule has 0 atom stereocenters. The van der Waals surface area contributed by atoms with E-state index in [1.54, 1.807) is 26.0 Å². The molecule has 1 aliphatic heterocycles. The van der Waals surface area contributed by atoms with Crippen molar-refractivity contribution in [3.05, 3.63) is 59.7 Å². The smallest absolute Gasteiger partial charge is 0.343 e. The van der Waals surface area contributed by atoms with Gasteiger partial charge in [0, 0.05) is 5.70 Å². The van der Waals surface area contributed by atoms with E-state index in [0.29, 0.717) is 11.4 Å². The maximum Gasteiger partial charge on any atom is 0.343 e. The minimum atomic E-state index is -0.571. The summed E-state index contributed by atoms with van der Waals surface area (Å²) in [5.41, 5.74) is 2.01. The van der Waals surface area contributed by atoms with Crippen LogP contribution in [0.25, 0.3) is 0 Å². The van der Waals surface area contributed by atoms with Gasteiger partial charge in [-0.05, 0) is 38.1 Å². The van der Waals surface area contributed by atoms with E-state index in [1.165, 1.54) is 12.3 Å². The Morgan fingerprint density at radius 3 is 2.76 bits per heavy atom. The number of nitrogens with zero attached hydrogens (tertiary/aromatic N) is 1. The van der Waals surface area contributed by atoms with Crippen LogP contribution in [0.15, 0.2) is 63.3 Å². The first-order valence-corrected chi connectivity index (χ1v) is 7.78. The first-order valence-electron chi connectivity index (χ1n) is 7.78. The van der Waals surface area contributed by atoms with E-state index in [1.807, 2.05) is 18.2 Å². The molecule has 0 saturated heterocycles. The van der Waals surface area contributed by atoms with Crippen LogP contribution in [0.1, 0.15) is 24.4 Å². The number of furan rings is 1. The van der Waals surface area contributed by atoms with Gasteiger partial charge in [-0.25, -0.2) is 9.79 Å². The molecule has 1 amide bonds. The van der Waals surface area contributed by atoms with E-state index in [0.717, 1.165) is 5.69 Å². The van der Waals surface area contributed by atoms with Gasteiger partial charge in [-0.1, -0.05) is 12.1 Å². The molecule has 0 aliphatic carbocycles. The number of allylic oxidation sites excluding steroid dienone is 1. The molecule has 0 unspecified atom stereocenters. The van der Waals surface area contributed by atoms with E-state index in [9.17, 15) is 9.59 Å². The highest BCUT2D eigenvalue weighted by Gasteiger charge is 2.26. The number of carbonyl (C=O) groups is 2. The fourth-order valence-electron chi connectivity index (χ4n) is 2.42. The first-order chi connectivity index (χ1) is 12.1. The Labute approximate surface area is 144 Å². The number of amidine groups is 1. The van der Waals surface area contributed by atoms with Crippen molar-refractivity contribution in [2.45, 2.75) is 13.8 Å². The van der Waals surface area contributed by atoms with Crippen LogP contribution in [0.5, 0.6) is 0 Å². The molecule has 1 aromatic carbocycles. The third-order valence-electron chi connectivity index (χ3n) is 3.53. The van der Waals surface area contributed by atoms with Crippen LogP contribution in [0.2, 0.25) is 0 Å². The van der Waals surface area contributed by atoms with Gasteiger partial charge in [-0.2, -0.15) is 0 Å². The molecule has 0 fully saturated rings. The molecule has 3 rings (SSSR count). The summed E-state index contributed by atoms with van der Waals surface area (Å²) in [6.07, 6.45) is 1.40. The summed E-state index contributed by atoms with van der Waals surface area (Å²) in [4.78, 5) is 29.2. The Kier molecular flexibility index (Phi) is 4.65. The summed E-state index contributed by atoms with van der Waals surface area (Å²) < 4.78 is 10.2. The van der Waals surface area contributed by atoms with Crippen molar-refractivity contribution in [3.63, 3.8) is 0 Å². The maximum atomic E-state index is 12.4. The van der Waals surface area contributed by atoms with Gasteiger partial charge in [-0.3, -0.25) is 4.79 Å². The lowest BCUT2D eigenvalue weighted by atomic mass is 10.2. The molecule has 7 nitrogen and oxygen atoms in total. The van der Waals surface area contributed by atoms with Crippen molar-refractivity contribution in [3.8, 4) is 0 Å². The Balaban J connectivity index is 2.04. The van der Waals surface area contributed by atoms with Gasteiger partial charge in [-0.15, -0.1) is 0 Å². The summed E-state index contributed by atoms with van der Waals surface area (Å²) in [7, 11) is 0. The Morgan fingerprint density at radius 2 is 2.04 bits per heavy atom. The fraction of sp³-hybridized carbons (Fsp3) is 0.167. The number of anilines is 1. The second-order valence-electron chi connectivity index (χ2n) is 5.25. The number of fused-ring (bicyclic) bond motifs is 1. The van der Waals surface area contributed by atoms with E-state index < -0.39 is 11.9 Å². The van der Waals surface area contributed by atoms with Crippen molar-refractivity contribution in [2.75, 3.05) is 11.9 Å². The third-order valence-corrected chi connectivity index (χ3v) is 3.53. The molecule has 7 heteroatoms. The van der Waals surface area contributed by atoms with Crippen LogP contribution in [-0.2, 0) is 9.53 Å². The molecule has 0 spiro atoms. The van der Waals surface area contributed by atoms with E-state index >= 15 is 0 Å². The van der Waals surface area contributed by atoms with Crippen LogP contribution in [0.4, 0.5) is 11.4 Å². The van der Waals surface area contributed by atoms with Crippen molar-refractivity contribution >= 4 is 29.1 Å². The standard InChI is InChI=1S/C18H17N3O4/c1-3-24-18(23)15-11(2)19-12-7-4-5-8-13(12)20-16(15)21-17(22)14-9-6-10-25-14/h4-10,19H,3H2,1-2H3,(H,20,21,22). The van der Waals surface area contributed by atoms with E-state index in [-0.39, 0.29) is 23.8 Å². The Bertz CT molecular complexity index is 866. The fourth-order valence-corrected chi connectivity index (χ4v) is 2.42. The summed E-state index contributed by atoms with van der Waals surface area (Å²) in [6.45, 7) is 3.65. The van der Waals surface area contributed by atoms with Crippen LogP contribution < -0.4 is 10.6 Å². The lowest BCUT2D eigenvalue weighted by Gasteiger charge is -2.12. The van der Waals surface area contributed by atoms with Crippen molar-refractivity contribution in [1.29, 1.82) is 0 Å². The van der Waals surface area contributed by atoms with Crippen LogP contribution in [0, 0.1) is 0 Å². The van der Waals surface area contributed by atoms with Gasteiger partial charge in [0.05, 0.1) is 24.2 Å². The molecule has 128 valence electrons. The molecule has 2 N–H and O–H groups in total. The zero-order valence-electron chi connectivity index (χ0n) is 13.8. The number of rotatable bonds is 3. The molecule has 25 heavy (non-hydrogen) atoms. The Morgan fingerprint density at radius 1 is 1.24 bits per heavy atom. The highest BCUT2D eigenvalue weighted by atomic mass is 16.5. The predicted molar refractivity (Wildman–Crippen MR) is 92.7 cm³/mol. The number of hydrogen-bond acceptors (Lipinski definition) is 6. The topological polar surface area (TPSA) is 92.9 Å². The molecule has 0 bridgehead atoms. The zero-order valence-corrected chi connectivity index (χ0v) is 13.8. The Hall–Kier alpha value is -3.35. The maximum absolute atomic E-state index is 12.4. The molecule has 0 saturated carbocycles. The summed E-state index contributed by atoms with van der Waals surface area (Å²) in [5, 5.41) is 5.78. The van der Waals surface area contributed by atoms with Gasteiger partial charge in [0.25, 0.3) is 5.91 Å². The van der Waals surface area contributed by atoms with Crippen molar-refractivity contribution < 1.29 is 18.7 Å². The van der Waals surface area contributed by atoms with Crippen LogP contribution in [0.3, 0.4) is 0 Å². The minimum absolute atomic E-state index is 0.106. The molecule has 0 radical (unpaired) electrons. The highest BCUT2D eigenvalue weighted by molar-refractivity contribution is 6.25. The van der Waals surface area contributed by atoms with Gasteiger partial charge in [0.2, 0.25) is 0 Å². The summed E-state index contributed by atoms with van der Waals surface area (Å²) >= 11 is 0. The molecule has 2 heterocycles. The lowest BCUT2D eigenvalue weighted by Crippen LogP contribution is -2.35. The van der Waals surface area contributed by atoms with Crippen molar-refractivity contribution in [2.24, 2.45) is 4.99 Å². The summed E-state index contributed by atoms with van der Waals surface area (Å²) in [6, 6.07) is 10.4. The normalized spacial score (nSPS) is 13.3. The second kappa shape index (κ2) is 7.04. The number of nitrogens with one attached hydrogen (secondary N) is 2. The SMILES string of the molecule is CCOC(=O)C1=C(C)Nc2ccccc2N=C1NC(=O)c1ccco1. The van der Waals surface area contributed by atoms with Gasteiger partial charge in [0.1, 0.15) is 11.4 Å². The molecule has 2 aromatic rings. The highest BCUT2D eigenvalue weighted by Crippen LogP contribution is 2.30. The average Bonchev–Trinajstić information content (AvgIpc) is 3.07. The number of aliphatic imine (C=N–C) groups is 1. The number of esters is 1. The number of amides is 1. The van der Waals surface area contributed by atoms with Crippen LogP contribution in [-0.4, -0.2) is 24.3 Å². The number of carbonyl (C=O) groups excluding carboxylic acids is 2. The molecule has 1 aliphatic rings. The number of ether oxygens (including phenoxy) is 1. The molecular weight excluding hydrogens is 322 g/mol. The number of hydrogen-bond donors (Lipinski definition) is 2. The van der Waals surface area contributed by atoms with Crippen LogP contribution >= 0.6 is 0 Å². The summed E-state index contributed by atoms with van der Waals surface area (Å²) in [5.74, 6) is -0.847. The first kappa shape index (κ1) is 16.5. The zero-order chi connectivity index (χ0) is 17.8. The average molecular weight is 339 g/mol. The third kappa shape index (κ3) is 3.45. The quantitative estimate of drug-likeness (QED) is 0.839. The monoisotopic (exact) mass is 339 g/mol. The van der Waals surface area contributed by atoms with Gasteiger partial charge < -0.3 is 19.8 Å². The minimum Gasteiger partial charge on any atom is -0.462 e. The molecular formula is C18H17N3O4. The largest absolute Gasteiger partial charge is 0.462 e. The lowest BCUT2D eigenvalue weighted by molar-refractivity contribution is -0.137. The van der Waals surface area contributed by atoms with E-state index in [2.05, 4.69) is 15.6 Å². The van der Waals surface area contributed by atoms with E-state index in [4.69, 9.17) is 9.15 Å². The number of para-hydroxylation sites is 2. The van der Waals surface area contributed by atoms with Gasteiger partial charge >= 0.3 is 5.97 Å². The van der Waals surface area contributed by atoms with Gasteiger partial charge in [0.15, 0.2) is 5.76 Å².